The number of hydrazone groups is 1. The van der Waals surface area contributed by atoms with E-state index in [0.29, 0.717) is 35.3 Å². The van der Waals surface area contributed by atoms with Gasteiger partial charge in [-0.3, -0.25) is 18.7 Å². The number of aromatic nitrogens is 4. The Morgan fingerprint density at radius 2 is 1.20 bits per heavy atom. The number of nitrogens with two attached hydrogens (primary N) is 1. The smallest absolute Gasteiger partial charge is 0.261 e. The maximum atomic E-state index is 12.6. The molecule has 2 aromatic heterocycles. The number of para-hydroxylation sites is 2. The van der Waals surface area contributed by atoms with Crippen molar-refractivity contribution in [1.29, 1.82) is 5.41 Å². The lowest BCUT2D eigenvalue weighted by atomic mass is 9.90. The Kier molecular flexibility index (Phi) is 9.57. The van der Waals surface area contributed by atoms with E-state index >= 15 is 0 Å². The van der Waals surface area contributed by atoms with Gasteiger partial charge in [-0.25, -0.2) is 9.97 Å². The molecule has 2 aliphatic carbocycles. The Hall–Kier alpha value is -6.78. The summed E-state index contributed by atoms with van der Waals surface area (Å²) in [5.74, 6) is 0.271. The van der Waals surface area contributed by atoms with Gasteiger partial charge in [0.2, 0.25) is 0 Å². The van der Waals surface area contributed by atoms with Crippen molar-refractivity contribution in [2.75, 3.05) is 0 Å². The van der Waals surface area contributed by atoms with Crippen molar-refractivity contribution in [3.05, 3.63) is 189 Å². The number of nitrogens with zero attached hydrogens (tertiary/aromatic N) is 5. The summed E-state index contributed by atoms with van der Waals surface area (Å²) in [6.07, 6.45) is 19.0. The predicted molar refractivity (Wildman–Crippen MR) is 216 cm³/mol. The highest BCUT2D eigenvalue weighted by Gasteiger charge is 2.23. The summed E-state index contributed by atoms with van der Waals surface area (Å²) in [7, 11) is 0. The van der Waals surface area contributed by atoms with Gasteiger partial charge in [0.15, 0.2) is 0 Å². The van der Waals surface area contributed by atoms with E-state index in [1.165, 1.54) is 11.8 Å². The molecule has 6 aromatic rings. The molecule has 0 saturated heterocycles. The highest BCUT2D eigenvalue weighted by Crippen LogP contribution is 2.27. The second kappa shape index (κ2) is 15.1. The first kappa shape index (κ1) is 34.3. The van der Waals surface area contributed by atoms with Crippen LogP contribution in [0.4, 0.5) is 0 Å². The maximum absolute atomic E-state index is 12.6. The molecule has 0 bridgehead atoms. The number of hydrogen-bond acceptors (Lipinski definition) is 8. The molecular formula is C44H38N8O2. The maximum Gasteiger partial charge on any atom is 0.261 e. The topological polar surface area (TPSA) is 144 Å². The van der Waals surface area contributed by atoms with Crippen LogP contribution >= 0.6 is 0 Å². The monoisotopic (exact) mass is 710 g/mol. The molecule has 4 atom stereocenters. The fourth-order valence-corrected chi connectivity index (χ4v) is 6.89. The average Bonchev–Trinajstić information content (AvgIpc) is 3.69. The van der Waals surface area contributed by atoms with Crippen LogP contribution in [0.5, 0.6) is 0 Å². The zero-order valence-corrected chi connectivity index (χ0v) is 29.4. The summed E-state index contributed by atoms with van der Waals surface area (Å²) in [4.78, 5) is 34.0. The van der Waals surface area contributed by atoms with Crippen LogP contribution in [0.3, 0.4) is 0 Å². The standard InChI is InChI=1S/C22H18N4O.C22H20N4O/c27-22-19-3-1-2-4-21(19)23-14-26(22)13-15-5-7-16(8-6-15)17-9-10-20-18(11-17)12-24-25-20;23-12-18-10-9-17(11-20(18)24)16-7-5-15(6-8-16)13-26-14-25-21-4-2-1-3-19(21)22(26)27/h1-12,14,18,20,25H,13H2;1-12,14,18,20,23H,13,24H2. The number of hydrogen-bond donors (Lipinski definition) is 3. The fraction of sp³-hybridized carbons (Fsp3) is 0.136. The first-order valence-electron chi connectivity index (χ1n) is 17.9. The van der Waals surface area contributed by atoms with E-state index in [-0.39, 0.29) is 29.1 Å². The lowest BCUT2D eigenvalue weighted by Gasteiger charge is -2.19. The Balaban J connectivity index is 0.000000153. The molecule has 0 radical (unpaired) electrons. The molecule has 4 N–H and O–H groups in total. The van der Waals surface area contributed by atoms with Gasteiger partial charge in [-0.2, -0.15) is 5.10 Å². The average molecular weight is 711 g/mol. The van der Waals surface area contributed by atoms with E-state index < -0.39 is 0 Å². The summed E-state index contributed by atoms with van der Waals surface area (Å²) in [5.41, 5.74) is 17.1. The molecule has 4 aromatic carbocycles. The lowest BCUT2D eigenvalue weighted by molar-refractivity contribution is 0.624. The van der Waals surface area contributed by atoms with Crippen LogP contribution in [0.25, 0.3) is 33.0 Å². The normalized spacial score (nSPS) is 19.7. The first-order chi connectivity index (χ1) is 26.4. The quantitative estimate of drug-likeness (QED) is 0.175. The van der Waals surface area contributed by atoms with E-state index in [0.717, 1.165) is 33.3 Å². The van der Waals surface area contributed by atoms with Gasteiger partial charge in [0.05, 0.1) is 53.6 Å². The second-order valence-electron chi connectivity index (χ2n) is 13.6. The van der Waals surface area contributed by atoms with Crippen LogP contribution in [0.15, 0.2) is 161 Å². The summed E-state index contributed by atoms with van der Waals surface area (Å²) in [6, 6.07) is 31.3. The van der Waals surface area contributed by atoms with Crippen molar-refractivity contribution >= 4 is 45.4 Å². The molecule has 10 nitrogen and oxygen atoms in total. The number of fused-ring (bicyclic) bond motifs is 3. The molecule has 0 amide bonds. The number of rotatable bonds is 7. The molecule has 4 unspecified atom stereocenters. The van der Waals surface area contributed by atoms with Gasteiger partial charge in [-0.1, -0.05) is 109 Å². The molecule has 0 fully saturated rings. The third-order valence-corrected chi connectivity index (χ3v) is 9.99. The molecular weight excluding hydrogens is 673 g/mol. The van der Waals surface area contributed by atoms with Crippen molar-refractivity contribution < 1.29 is 0 Å². The lowest BCUT2D eigenvalue weighted by Crippen LogP contribution is -2.29. The third kappa shape index (κ3) is 7.15. The summed E-state index contributed by atoms with van der Waals surface area (Å²) in [6.45, 7) is 0.980. The van der Waals surface area contributed by atoms with Crippen LogP contribution in [-0.2, 0) is 13.1 Å². The van der Waals surface area contributed by atoms with Gasteiger partial charge in [0, 0.05) is 30.3 Å². The van der Waals surface area contributed by atoms with E-state index in [9.17, 15) is 9.59 Å². The SMILES string of the molecule is N=CC1C=CC(c2ccc(Cn3cnc4ccccc4c3=O)cc2)=CC1N.O=c1c2ccccc2ncn1Cc1ccc(C2=CC3C=NNC3C=C2)cc1. The molecule has 1 aliphatic heterocycles. The molecule has 9 rings (SSSR count). The molecule has 0 saturated carbocycles. The van der Waals surface area contributed by atoms with Gasteiger partial charge in [-0.05, 0) is 57.7 Å². The van der Waals surface area contributed by atoms with Crippen molar-refractivity contribution in [2.24, 2.45) is 22.7 Å². The number of benzene rings is 4. The molecule has 10 heteroatoms. The van der Waals surface area contributed by atoms with Crippen molar-refractivity contribution in [3.63, 3.8) is 0 Å². The van der Waals surface area contributed by atoms with Gasteiger partial charge in [0.1, 0.15) is 0 Å². The Morgan fingerprint density at radius 3 is 1.74 bits per heavy atom. The van der Waals surface area contributed by atoms with E-state index in [1.54, 1.807) is 27.9 Å². The van der Waals surface area contributed by atoms with Gasteiger partial charge >= 0.3 is 0 Å². The van der Waals surface area contributed by atoms with E-state index in [4.69, 9.17) is 11.1 Å². The third-order valence-electron chi connectivity index (χ3n) is 9.99. The van der Waals surface area contributed by atoms with Crippen molar-refractivity contribution in [3.8, 4) is 0 Å². The fourth-order valence-electron chi connectivity index (χ4n) is 6.89. The van der Waals surface area contributed by atoms with Gasteiger partial charge in [0.25, 0.3) is 11.1 Å². The minimum atomic E-state index is -0.176. The molecule has 54 heavy (non-hydrogen) atoms. The number of allylic oxidation sites excluding steroid dienone is 4. The molecule has 3 aliphatic rings. The van der Waals surface area contributed by atoms with Crippen molar-refractivity contribution in [2.45, 2.75) is 25.2 Å². The highest BCUT2D eigenvalue weighted by molar-refractivity contribution is 5.82. The molecule has 3 heterocycles. The van der Waals surface area contributed by atoms with E-state index in [2.05, 4.69) is 63.0 Å². The minimum absolute atomic E-state index is 0.0124. The number of nitrogens with one attached hydrogen (secondary N) is 2. The van der Waals surface area contributed by atoms with E-state index in [1.807, 2.05) is 91.2 Å². The van der Waals surface area contributed by atoms with Crippen LogP contribution in [0, 0.1) is 17.2 Å². The molecule has 0 spiro atoms. The first-order valence-corrected chi connectivity index (χ1v) is 17.9. The summed E-state index contributed by atoms with van der Waals surface area (Å²) in [5, 5.41) is 12.8. The van der Waals surface area contributed by atoms with Crippen molar-refractivity contribution in [1.82, 2.24) is 24.5 Å². The van der Waals surface area contributed by atoms with Crippen LogP contribution in [0.2, 0.25) is 0 Å². The highest BCUT2D eigenvalue weighted by atomic mass is 16.1. The largest absolute Gasteiger partial charge is 0.324 e. The van der Waals surface area contributed by atoms with Crippen LogP contribution < -0.4 is 22.3 Å². The zero-order valence-electron chi connectivity index (χ0n) is 29.4. The summed E-state index contributed by atoms with van der Waals surface area (Å²) < 4.78 is 3.28. The van der Waals surface area contributed by atoms with Crippen LogP contribution in [-0.4, -0.2) is 43.6 Å². The summed E-state index contributed by atoms with van der Waals surface area (Å²) >= 11 is 0. The Bertz CT molecular complexity index is 2630. The Morgan fingerprint density at radius 1 is 0.685 bits per heavy atom. The zero-order chi connectivity index (χ0) is 37.0. The second-order valence-corrected chi connectivity index (χ2v) is 13.6. The van der Waals surface area contributed by atoms with Crippen LogP contribution in [0.1, 0.15) is 22.3 Å². The van der Waals surface area contributed by atoms with Gasteiger partial charge < -0.3 is 16.6 Å². The predicted octanol–water partition coefficient (Wildman–Crippen LogP) is 5.96. The molecule has 266 valence electrons. The minimum Gasteiger partial charge on any atom is -0.324 e. The Labute approximate surface area is 311 Å². The van der Waals surface area contributed by atoms with Gasteiger partial charge in [-0.15, -0.1) is 0 Å².